The number of benzene rings is 7. The van der Waals surface area contributed by atoms with E-state index in [9.17, 15) is 0 Å². The highest BCUT2D eigenvalue weighted by atomic mass is 15.1. The summed E-state index contributed by atoms with van der Waals surface area (Å²) in [5.41, 5.74) is 22.2. The van der Waals surface area contributed by atoms with E-state index in [1.54, 1.807) is 5.56 Å². The first kappa shape index (κ1) is 34.2. The number of anilines is 3. The van der Waals surface area contributed by atoms with Crippen LogP contribution in [0.15, 0.2) is 158 Å². The van der Waals surface area contributed by atoms with E-state index in [4.69, 9.17) is 0 Å². The standard InChI is InChI=1S/C58H51N/c1-55(2)51-13-9-8-12-47(51)49-26-23-45(31-53(49)55)59(44-21-16-38(17-22-44)37-10-6-5-7-11-37)46-24-27-50-48-25-18-40(29-52(48)56(3,4)54(50)32-46)39-14-19-41(20-15-39)57-33-36-28-42-30-43(35-57)58(42,57)34-36/h5-27,29,31-32,36,42-43H,28,30,33-35H2,1-4H3. The lowest BCUT2D eigenvalue weighted by Gasteiger charge is -2.73. The lowest BCUT2D eigenvalue weighted by molar-refractivity contribution is -0.198. The van der Waals surface area contributed by atoms with Gasteiger partial charge in [-0.25, -0.2) is 0 Å². The minimum absolute atomic E-state index is 0.0834. The van der Waals surface area contributed by atoms with Gasteiger partial charge >= 0.3 is 0 Å². The molecule has 0 N–H and O–H groups in total. The van der Waals surface area contributed by atoms with Crippen LogP contribution in [-0.4, -0.2) is 0 Å². The first-order valence-electron chi connectivity index (χ1n) is 22.3. The van der Waals surface area contributed by atoms with Gasteiger partial charge in [-0.3, -0.25) is 0 Å². The van der Waals surface area contributed by atoms with Gasteiger partial charge in [0.1, 0.15) is 0 Å². The van der Waals surface area contributed by atoms with Crippen LogP contribution in [0.5, 0.6) is 0 Å². The van der Waals surface area contributed by atoms with Gasteiger partial charge in [-0.15, -0.1) is 0 Å². The van der Waals surface area contributed by atoms with Crippen LogP contribution in [-0.2, 0) is 16.2 Å². The van der Waals surface area contributed by atoms with Crippen molar-refractivity contribution in [3.8, 4) is 44.5 Å². The van der Waals surface area contributed by atoms with Gasteiger partial charge in [-0.05, 0) is 170 Å². The molecule has 0 aromatic heterocycles. The minimum atomic E-state index is -0.150. The van der Waals surface area contributed by atoms with Gasteiger partial charge in [0.15, 0.2) is 0 Å². The number of nitrogens with zero attached hydrogens (tertiary/aromatic N) is 1. The molecule has 6 aliphatic rings. The Morgan fingerprint density at radius 1 is 0.407 bits per heavy atom. The van der Waals surface area contributed by atoms with Gasteiger partial charge in [-0.2, -0.15) is 0 Å². The van der Waals surface area contributed by atoms with Gasteiger partial charge in [-0.1, -0.05) is 143 Å². The molecule has 13 rings (SSSR count). The van der Waals surface area contributed by atoms with Gasteiger partial charge in [0.2, 0.25) is 0 Å². The summed E-state index contributed by atoms with van der Waals surface area (Å²) in [5, 5.41) is 0. The Bertz CT molecular complexity index is 2880. The maximum atomic E-state index is 2.52. The van der Waals surface area contributed by atoms with E-state index in [2.05, 4.69) is 190 Å². The van der Waals surface area contributed by atoms with Crippen molar-refractivity contribution in [1.82, 2.24) is 0 Å². The van der Waals surface area contributed by atoms with Crippen molar-refractivity contribution >= 4 is 17.1 Å². The van der Waals surface area contributed by atoms with E-state index < -0.39 is 0 Å². The fraction of sp³-hybridized carbons (Fsp3) is 0.276. The summed E-state index contributed by atoms with van der Waals surface area (Å²) >= 11 is 0. The Morgan fingerprint density at radius 3 is 1.61 bits per heavy atom. The molecule has 0 aliphatic heterocycles. The van der Waals surface area contributed by atoms with Crippen molar-refractivity contribution < 1.29 is 0 Å². The second-order valence-corrected chi connectivity index (χ2v) is 20.3. The van der Waals surface area contributed by atoms with Gasteiger partial charge in [0.25, 0.3) is 0 Å². The molecule has 1 nitrogen and oxygen atoms in total. The molecule has 0 saturated heterocycles. The van der Waals surface area contributed by atoms with Crippen molar-refractivity contribution in [3.63, 3.8) is 0 Å². The molecule has 1 spiro atoms. The Morgan fingerprint density at radius 2 is 0.932 bits per heavy atom. The topological polar surface area (TPSA) is 3.24 Å². The number of fused-ring (bicyclic) bond motifs is 7. The zero-order chi connectivity index (χ0) is 39.5. The molecule has 5 atom stereocenters. The average molecular weight is 762 g/mol. The summed E-state index contributed by atoms with van der Waals surface area (Å²) < 4.78 is 0. The maximum Gasteiger partial charge on any atom is 0.0465 e. The van der Waals surface area contributed by atoms with Gasteiger partial charge in [0, 0.05) is 33.3 Å². The molecular formula is C58H51N. The summed E-state index contributed by atoms with van der Waals surface area (Å²) in [7, 11) is 0. The molecule has 2 bridgehead atoms. The zero-order valence-electron chi connectivity index (χ0n) is 34.7. The summed E-state index contributed by atoms with van der Waals surface area (Å²) in [6.45, 7) is 9.61. The van der Waals surface area contributed by atoms with Crippen LogP contribution >= 0.6 is 0 Å². The normalized spacial score (nSPS) is 26.2. The van der Waals surface area contributed by atoms with Crippen LogP contribution < -0.4 is 4.90 Å². The van der Waals surface area contributed by atoms with Crippen LogP contribution in [0.4, 0.5) is 17.1 Å². The predicted molar refractivity (Wildman–Crippen MR) is 245 cm³/mol. The number of rotatable bonds is 6. The van der Waals surface area contributed by atoms with Crippen molar-refractivity contribution in [1.29, 1.82) is 0 Å². The van der Waals surface area contributed by atoms with Crippen LogP contribution in [0.1, 0.15) is 87.6 Å². The molecule has 5 unspecified atom stereocenters. The van der Waals surface area contributed by atoms with Gasteiger partial charge in [0.05, 0.1) is 0 Å². The summed E-state index contributed by atoms with van der Waals surface area (Å²) in [5.74, 6) is 3.02. The molecular weight excluding hydrogens is 711 g/mol. The smallest absolute Gasteiger partial charge is 0.0465 e. The highest BCUT2D eigenvalue weighted by molar-refractivity contribution is 5.89. The quantitative estimate of drug-likeness (QED) is 0.163. The molecule has 0 heterocycles. The zero-order valence-corrected chi connectivity index (χ0v) is 34.7. The lowest BCUT2D eigenvalue weighted by atomic mass is 9.31. The Kier molecular flexibility index (Phi) is 6.69. The fourth-order valence-corrected chi connectivity index (χ4v) is 14.4. The van der Waals surface area contributed by atoms with Crippen LogP contribution in [0.25, 0.3) is 44.5 Å². The predicted octanol–water partition coefficient (Wildman–Crippen LogP) is 15.2. The largest absolute Gasteiger partial charge is 0.310 e. The third kappa shape index (κ3) is 4.36. The number of hydrogen-bond donors (Lipinski definition) is 0. The van der Waals surface area contributed by atoms with Crippen LogP contribution in [0.2, 0.25) is 0 Å². The van der Waals surface area contributed by atoms with Crippen molar-refractivity contribution in [2.24, 2.45) is 23.2 Å². The number of hydrogen-bond acceptors (Lipinski definition) is 1. The highest BCUT2D eigenvalue weighted by Crippen LogP contribution is 2.86. The van der Waals surface area contributed by atoms with E-state index in [-0.39, 0.29) is 10.8 Å². The molecule has 59 heavy (non-hydrogen) atoms. The maximum absolute atomic E-state index is 2.52. The minimum Gasteiger partial charge on any atom is -0.310 e. The first-order valence-corrected chi connectivity index (χ1v) is 22.3. The molecule has 4 fully saturated rings. The molecule has 0 amide bonds. The first-order chi connectivity index (χ1) is 28.7. The van der Waals surface area contributed by atoms with E-state index >= 15 is 0 Å². The Balaban J connectivity index is 0.872. The molecule has 7 aromatic carbocycles. The second kappa shape index (κ2) is 11.5. The van der Waals surface area contributed by atoms with E-state index in [0.29, 0.717) is 10.8 Å². The second-order valence-electron chi connectivity index (χ2n) is 20.3. The molecule has 0 radical (unpaired) electrons. The van der Waals surface area contributed by atoms with E-state index in [0.717, 1.165) is 23.4 Å². The Hall–Kier alpha value is -5.66. The third-order valence-electron chi connectivity index (χ3n) is 17.1. The molecule has 7 aromatic rings. The monoisotopic (exact) mass is 761 g/mol. The molecule has 4 saturated carbocycles. The van der Waals surface area contributed by atoms with Crippen molar-refractivity contribution in [3.05, 3.63) is 186 Å². The summed E-state index contributed by atoms with van der Waals surface area (Å²) in [6, 6.07) is 60.4. The van der Waals surface area contributed by atoms with Crippen LogP contribution in [0, 0.1) is 23.2 Å². The average Bonchev–Trinajstić information content (AvgIpc) is 3.91. The summed E-state index contributed by atoms with van der Waals surface area (Å²) in [4.78, 5) is 2.48. The lowest BCUT2D eigenvalue weighted by Crippen LogP contribution is -2.68. The van der Waals surface area contributed by atoms with E-state index in [1.165, 1.54) is 110 Å². The van der Waals surface area contributed by atoms with Crippen LogP contribution in [0.3, 0.4) is 0 Å². The highest BCUT2D eigenvalue weighted by Gasteiger charge is 2.80. The summed E-state index contributed by atoms with van der Waals surface area (Å²) in [6.07, 6.45) is 7.45. The van der Waals surface area contributed by atoms with Crippen molar-refractivity contribution in [2.75, 3.05) is 4.90 Å². The molecule has 288 valence electrons. The van der Waals surface area contributed by atoms with Crippen molar-refractivity contribution in [2.45, 2.75) is 76.0 Å². The molecule has 6 aliphatic carbocycles. The Labute approximate surface area is 349 Å². The molecule has 1 heteroatoms. The fourth-order valence-electron chi connectivity index (χ4n) is 14.4. The van der Waals surface area contributed by atoms with E-state index in [1.807, 2.05) is 0 Å². The van der Waals surface area contributed by atoms with Gasteiger partial charge < -0.3 is 4.90 Å². The third-order valence-corrected chi connectivity index (χ3v) is 17.1. The SMILES string of the molecule is CC1(C)c2ccccc2-c2ccc(N(c3ccc(-c4ccccc4)cc3)c3ccc4c(c3)C(C)(C)c3cc(-c5ccc(C67CC8CC9CC(C6)C97C8)cc5)ccc3-4)cc21.